The Labute approximate surface area is 114 Å². The van der Waals surface area contributed by atoms with Gasteiger partial charge in [-0.15, -0.1) is 0 Å². The molecular weight excluding hydrogens is 311 g/mol. The SMILES string of the molecule is C[C@@H](COS(C)(=O)=O)c1c(Cl)nc(Cl)nc1Cl. The molecule has 0 saturated heterocycles. The molecule has 0 spiro atoms. The number of rotatable bonds is 4. The lowest BCUT2D eigenvalue weighted by molar-refractivity contribution is 0.301. The number of nitrogens with zero attached hydrogens (tertiary/aromatic N) is 2. The first-order valence-corrected chi connectivity index (χ1v) is 7.38. The number of aromatic nitrogens is 2. The summed E-state index contributed by atoms with van der Waals surface area (Å²) in [5.41, 5.74) is 0.404. The van der Waals surface area contributed by atoms with Crippen molar-refractivity contribution in [2.24, 2.45) is 0 Å². The molecule has 0 unspecified atom stereocenters. The Morgan fingerprint density at radius 3 is 2.12 bits per heavy atom. The van der Waals surface area contributed by atoms with E-state index >= 15 is 0 Å². The van der Waals surface area contributed by atoms with E-state index in [2.05, 4.69) is 14.2 Å². The first-order chi connectivity index (χ1) is 7.70. The van der Waals surface area contributed by atoms with Gasteiger partial charge in [0, 0.05) is 11.5 Å². The summed E-state index contributed by atoms with van der Waals surface area (Å²) in [5.74, 6) is -0.373. The Morgan fingerprint density at radius 2 is 1.71 bits per heavy atom. The summed E-state index contributed by atoms with van der Waals surface area (Å²) in [7, 11) is -3.51. The lowest BCUT2D eigenvalue weighted by Gasteiger charge is -2.13. The summed E-state index contributed by atoms with van der Waals surface area (Å²) in [6.45, 7) is 1.60. The van der Waals surface area contributed by atoms with Crippen molar-refractivity contribution in [2.75, 3.05) is 12.9 Å². The third-order valence-corrected chi connectivity index (χ3v) is 3.16. The van der Waals surface area contributed by atoms with E-state index in [1.54, 1.807) is 6.92 Å². The maximum absolute atomic E-state index is 10.9. The number of hydrogen-bond donors (Lipinski definition) is 0. The van der Waals surface area contributed by atoms with Crippen molar-refractivity contribution in [3.8, 4) is 0 Å². The van der Waals surface area contributed by atoms with E-state index in [1.165, 1.54) is 0 Å². The fourth-order valence-electron chi connectivity index (χ4n) is 1.11. The standard InChI is InChI=1S/C8H9Cl3N2O3S/c1-4(3-16-17(2,14)15)5-6(9)12-8(11)13-7(5)10/h4H,3H2,1-2H3/t4-/m0/s1. The van der Waals surface area contributed by atoms with E-state index in [4.69, 9.17) is 34.8 Å². The van der Waals surface area contributed by atoms with Gasteiger partial charge >= 0.3 is 0 Å². The molecule has 0 aliphatic rings. The minimum Gasteiger partial charge on any atom is -0.270 e. The van der Waals surface area contributed by atoms with Crippen LogP contribution in [0.4, 0.5) is 0 Å². The van der Waals surface area contributed by atoms with Gasteiger partial charge in [0.05, 0.1) is 12.9 Å². The van der Waals surface area contributed by atoms with Crippen LogP contribution in [0.25, 0.3) is 0 Å². The van der Waals surface area contributed by atoms with E-state index < -0.39 is 10.1 Å². The zero-order valence-electron chi connectivity index (χ0n) is 8.95. The third kappa shape index (κ3) is 4.56. The van der Waals surface area contributed by atoms with Gasteiger partial charge < -0.3 is 0 Å². The average Bonchev–Trinajstić information content (AvgIpc) is 2.11. The highest BCUT2D eigenvalue weighted by molar-refractivity contribution is 7.85. The summed E-state index contributed by atoms with van der Waals surface area (Å²) < 4.78 is 26.4. The third-order valence-electron chi connectivity index (χ3n) is 1.85. The molecule has 0 aliphatic carbocycles. The minimum atomic E-state index is -3.51. The van der Waals surface area contributed by atoms with E-state index in [0.29, 0.717) is 5.56 Å². The van der Waals surface area contributed by atoms with Gasteiger partial charge in [-0.1, -0.05) is 30.1 Å². The Morgan fingerprint density at radius 1 is 1.24 bits per heavy atom. The van der Waals surface area contributed by atoms with Gasteiger partial charge in [-0.05, 0) is 11.6 Å². The predicted octanol–water partition coefficient (Wildman–Crippen LogP) is 2.52. The molecule has 0 aromatic carbocycles. The molecule has 1 aromatic heterocycles. The lowest BCUT2D eigenvalue weighted by Crippen LogP contribution is -2.11. The fraction of sp³-hybridized carbons (Fsp3) is 0.500. The molecule has 0 fully saturated rings. The second-order valence-corrected chi connectivity index (χ2v) is 6.08. The van der Waals surface area contributed by atoms with Crippen LogP contribution < -0.4 is 0 Å². The molecule has 5 nitrogen and oxygen atoms in total. The van der Waals surface area contributed by atoms with Gasteiger partial charge in [0.15, 0.2) is 0 Å². The van der Waals surface area contributed by atoms with Gasteiger partial charge in [0.25, 0.3) is 10.1 Å². The molecule has 0 aliphatic heterocycles. The molecular formula is C8H9Cl3N2O3S. The molecule has 17 heavy (non-hydrogen) atoms. The van der Waals surface area contributed by atoms with Crippen LogP contribution in [0.5, 0.6) is 0 Å². The Hall–Kier alpha value is -0.140. The Balaban J connectivity index is 2.93. The van der Waals surface area contributed by atoms with Crippen molar-refractivity contribution in [1.82, 2.24) is 9.97 Å². The second kappa shape index (κ2) is 5.67. The highest BCUT2D eigenvalue weighted by Gasteiger charge is 2.19. The van der Waals surface area contributed by atoms with Gasteiger partial charge in [0.1, 0.15) is 10.3 Å². The summed E-state index contributed by atoms with van der Waals surface area (Å²) >= 11 is 17.3. The molecule has 1 heterocycles. The largest absolute Gasteiger partial charge is 0.270 e. The molecule has 9 heteroatoms. The van der Waals surface area contributed by atoms with Crippen molar-refractivity contribution in [2.45, 2.75) is 12.8 Å². The van der Waals surface area contributed by atoms with Crippen molar-refractivity contribution in [1.29, 1.82) is 0 Å². The molecule has 96 valence electrons. The minimum absolute atomic E-state index is 0.0695. The first-order valence-electron chi connectivity index (χ1n) is 4.43. The predicted molar refractivity (Wildman–Crippen MR) is 66.3 cm³/mol. The van der Waals surface area contributed by atoms with Crippen molar-refractivity contribution < 1.29 is 12.6 Å². The van der Waals surface area contributed by atoms with Crippen LogP contribution in [0.3, 0.4) is 0 Å². The van der Waals surface area contributed by atoms with Crippen LogP contribution in [0, 0.1) is 0 Å². The van der Waals surface area contributed by atoms with Gasteiger partial charge in [-0.3, -0.25) is 4.18 Å². The number of halogens is 3. The topological polar surface area (TPSA) is 69.2 Å². The lowest BCUT2D eigenvalue weighted by atomic mass is 10.1. The first kappa shape index (κ1) is 14.9. The average molecular weight is 320 g/mol. The smallest absolute Gasteiger partial charge is 0.264 e. The Bertz CT molecular complexity index is 498. The highest BCUT2D eigenvalue weighted by atomic mass is 35.5. The van der Waals surface area contributed by atoms with Crippen molar-refractivity contribution >= 4 is 44.9 Å². The van der Waals surface area contributed by atoms with Crippen molar-refractivity contribution in [3.05, 3.63) is 21.2 Å². The van der Waals surface area contributed by atoms with E-state index in [0.717, 1.165) is 6.26 Å². The maximum Gasteiger partial charge on any atom is 0.264 e. The molecule has 1 atom stereocenters. The van der Waals surface area contributed by atoms with Crippen LogP contribution >= 0.6 is 34.8 Å². The van der Waals surface area contributed by atoms with Crippen LogP contribution in [0.1, 0.15) is 18.4 Å². The van der Waals surface area contributed by atoms with Gasteiger partial charge in [0.2, 0.25) is 5.28 Å². The van der Waals surface area contributed by atoms with Gasteiger partial charge in [-0.2, -0.15) is 8.42 Å². The van der Waals surface area contributed by atoms with Crippen molar-refractivity contribution in [3.63, 3.8) is 0 Å². The summed E-state index contributed by atoms with van der Waals surface area (Å²) in [5, 5.41) is 0.0965. The van der Waals surface area contributed by atoms with Crippen LogP contribution in [-0.4, -0.2) is 31.2 Å². The molecule has 0 radical (unpaired) electrons. The Kier molecular flexibility index (Phi) is 4.97. The molecule has 0 N–H and O–H groups in total. The number of hydrogen-bond acceptors (Lipinski definition) is 5. The van der Waals surface area contributed by atoms with Crippen LogP contribution in [0.15, 0.2) is 0 Å². The second-order valence-electron chi connectivity index (χ2n) is 3.38. The molecule has 0 amide bonds. The normalized spacial score (nSPS) is 13.7. The molecule has 0 bridgehead atoms. The summed E-state index contributed by atoms with van der Waals surface area (Å²) in [6.07, 6.45) is 0.960. The molecule has 1 rings (SSSR count). The zero-order chi connectivity index (χ0) is 13.2. The van der Waals surface area contributed by atoms with E-state index in [9.17, 15) is 8.42 Å². The zero-order valence-corrected chi connectivity index (χ0v) is 12.0. The monoisotopic (exact) mass is 318 g/mol. The molecule has 1 aromatic rings. The maximum atomic E-state index is 10.9. The van der Waals surface area contributed by atoms with Crippen LogP contribution in [0.2, 0.25) is 15.6 Å². The van der Waals surface area contributed by atoms with Crippen LogP contribution in [-0.2, 0) is 14.3 Å². The molecule has 0 saturated carbocycles. The fourth-order valence-corrected chi connectivity index (χ4v) is 2.58. The summed E-state index contributed by atoms with van der Waals surface area (Å²) in [4.78, 5) is 7.46. The summed E-state index contributed by atoms with van der Waals surface area (Å²) in [6, 6.07) is 0. The van der Waals surface area contributed by atoms with E-state index in [1.807, 2.05) is 0 Å². The quantitative estimate of drug-likeness (QED) is 0.484. The highest BCUT2D eigenvalue weighted by Crippen LogP contribution is 2.30. The van der Waals surface area contributed by atoms with Gasteiger partial charge in [-0.25, -0.2) is 9.97 Å². The van der Waals surface area contributed by atoms with E-state index in [-0.39, 0.29) is 28.1 Å².